The molecule has 1 rings (SSSR count). The van der Waals surface area contributed by atoms with Crippen molar-refractivity contribution in [2.45, 2.75) is 39.3 Å². The van der Waals surface area contributed by atoms with Crippen LogP contribution in [0.3, 0.4) is 0 Å². The van der Waals surface area contributed by atoms with Gasteiger partial charge in [0.1, 0.15) is 0 Å². The molecule has 0 aliphatic carbocycles. The van der Waals surface area contributed by atoms with Crippen LogP contribution in [-0.2, 0) is 6.54 Å². The van der Waals surface area contributed by atoms with E-state index in [-0.39, 0.29) is 11.6 Å². The highest BCUT2D eigenvalue weighted by Crippen LogP contribution is 2.02. The van der Waals surface area contributed by atoms with Crippen molar-refractivity contribution < 1.29 is 0 Å². The number of hydrogen-bond donors (Lipinski definition) is 1. The monoisotopic (exact) mass is 219 g/mol. The second kappa shape index (κ2) is 5.96. The van der Waals surface area contributed by atoms with Crippen molar-refractivity contribution in [1.82, 2.24) is 9.55 Å². The number of aryl methyl sites for hydroxylation is 1. The molecule has 0 fully saturated rings. The molecular formula is C12H17N3O. The SMILES string of the molecule is C#CC(CCC)Nc1nccn(CC)c1=O. The van der Waals surface area contributed by atoms with Gasteiger partial charge in [0.15, 0.2) is 5.82 Å². The van der Waals surface area contributed by atoms with E-state index in [2.05, 4.69) is 23.1 Å². The van der Waals surface area contributed by atoms with Crippen LogP contribution in [0.4, 0.5) is 5.82 Å². The highest BCUT2D eigenvalue weighted by Gasteiger charge is 2.08. The Morgan fingerprint density at radius 2 is 2.38 bits per heavy atom. The summed E-state index contributed by atoms with van der Waals surface area (Å²) in [4.78, 5) is 15.8. The third-order valence-electron chi connectivity index (χ3n) is 2.34. The number of hydrogen-bond acceptors (Lipinski definition) is 3. The van der Waals surface area contributed by atoms with Gasteiger partial charge in [0.05, 0.1) is 6.04 Å². The standard InChI is InChI=1S/C12H17N3O/c1-4-7-10(5-2)14-11-12(16)15(6-3)9-8-13-11/h2,8-10H,4,6-7H2,1,3H3,(H,13,14). The number of terminal acetylenes is 1. The van der Waals surface area contributed by atoms with Crippen molar-refractivity contribution in [1.29, 1.82) is 0 Å². The topological polar surface area (TPSA) is 46.9 Å². The van der Waals surface area contributed by atoms with Crippen LogP contribution in [0.5, 0.6) is 0 Å². The number of anilines is 1. The van der Waals surface area contributed by atoms with Crippen LogP contribution in [0.15, 0.2) is 17.2 Å². The molecule has 0 aliphatic heterocycles. The molecule has 0 saturated heterocycles. The first-order valence-electron chi connectivity index (χ1n) is 5.51. The summed E-state index contributed by atoms with van der Waals surface area (Å²) in [6.07, 6.45) is 10.4. The second-order valence-corrected chi connectivity index (χ2v) is 3.52. The average molecular weight is 219 g/mol. The fourth-order valence-electron chi connectivity index (χ4n) is 1.45. The lowest BCUT2D eigenvalue weighted by molar-refractivity contribution is 0.707. The van der Waals surface area contributed by atoms with Gasteiger partial charge in [0.2, 0.25) is 0 Å². The van der Waals surface area contributed by atoms with Crippen LogP contribution in [0, 0.1) is 12.3 Å². The number of rotatable bonds is 5. The van der Waals surface area contributed by atoms with Crippen LogP contribution in [0.1, 0.15) is 26.7 Å². The Labute approximate surface area is 95.7 Å². The van der Waals surface area contributed by atoms with E-state index in [0.717, 1.165) is 12.8 Å². The molecule has 4 heteroatoms. The fraction of sp³-hybridized carbons (Fsp3) is 0.500. The third kappa shape index (κ3) is 2.86. The zero-order valence-corrected chi connectivity index (χ0v) is 9.73. The quantitative estimate of drug-likeness (QED) is 0.763. The van der Waals surface area contributed by atoms with Crippen LogP contribution in [-0.4, -0.2) is 15.6 Å². The molecule has 4 nitrogen and oxygen atoms in total. The highest BCUT2D eigenvalue weighted by atomic mass is 16.1. The minimum Gasteiger partial charge on any atom is -0.352 e. The summed E-state index contributed by atoms with van der Waals surface area (Å²) < 4.78 is 1.59. The molecule has 0 amide bonds. The van der Waals surface area contributed by atoms with Gasteiger partial charge in [-0.2, -0.15) is 0 Å². The minimum atomic E-state index is -0.127. The highest BCUT2D eigenvalue weighted by molar-refractivity contribution is 5.35. The Morgan fingerprint density at radius 1 is 1.62 bits per heavy atom. The van der Waals surface area contributed by atoms with Crippen molar-refractivity contribution >= 4 is 5.82 Å². The third-order valence-corrected chi connectivity index (χ3v) is 2.34. The van der Waals surface area contributed by atoms with Gasteiger partial charge >= 0.3 is 0 Å². The maximum Gasteiger partial charge on any atom is 0.293 e. The molecule has 1 aromatic heterocycles. The Bertz CT molecular complexity index is 431. The molecule has 0 radical (unpaired) electrons. The first kappa shape index (κ1) is 12.3. The van der Waals surface area contributed by atoms with Gasteiger partial charge in [-0.1, -0.05) is 19.3 Å². The molecule has 0 spiro atoms. The summed E-state index contributed by atoms with van der Waals surface area (Å²) >= 11 is 0. The van der Waals surface area contributed by atoms with E-state index in [1.807, 2.05) is 6.92 Å². The second-order valence-electron chi connectivity index (χ2n) is 3.52. The van der Waals surface area contributed by atoms with Gasteiger partial charge in [-0.3, -0.25) is 4.79 Å². The summed E-state index contributed by atoms with van der Waals surface area (Å²) in [5, 5.41) is 2.99. The molecule has 0 aromatic carbocycles. The first-order chi connectivity index (χ1) is 7.72. The van der Waals surface area contributed by atoms with Crippen LogP contribution in [0.2, 0.25) is 0 Å². The molecule has 1 atom stereocenters. The largest absolute Gasteiger partial charge is 0.352 e. The Hall–Kier alpha value is -1.76. The summed E-state index contributed by atoms with van der Waals surface area (Å²) in [7, 11) is 0. The van der Waals surface area contributed by atoms with Gasteiger partial charge in [0.25, 0.3) is 5.56 Å². The lowest BCUT2D eigenvalue weighted by Crippen LogP contribution is -2.28. The predicted octanol–water partition coefficient (Wildman–Crippen LogP) is 1.48. The van der Waals surface area contributed by atoms with Crippen molar-refractivity contribution in [3.05, 3.63) is 22.7 Å². The normalized spacial score (nSPS) is 11.8. The Balaban J connectivity index is 2.89. The average Bonchev–Trinajstić information content (AvgIpc) is 2.31. The fourth-order valence-corrected chi connectivity index (χ4v) is 1.45. The zero-order chi connectivity index (χ0) is 12.0. The van der Waals surface area contributed by atoms with Gasteiger partial charge in [0, 0.05) is 18.9 Å². The maximum atomic E-state index is 11.8. The zero-order valence-electron chi connectivity index (χ0n) is 9.73. The van der Waals surface area contributed by atoms with Crippen molar-refractivity contribution in [2.75, 3.05) is 5.32 Å². The smallest absolute Gasteiger partial charge is 0.293 e. The molecule has 0 bridgehead atoms. The van der Waals surface area contributed by atoms with Crippen LogP contribution in [0.25, 0.3) is 0 Å². The van der Waals surface area contributed by atoms with E-state index >= 15 is 0 Å². The summed E-state index contributed by atoms with van der Waals surface area (Å²) in [6, 6.07) is -0.127. The summed E-state index contributed by atoms with van der Waals surface area (Å²) in [5.41, 5.74) is -0.124. The van der Waals surface area contributed by atoms with Gasteiger partial charge < -0.3 is 9.88 Å². The molecule has 1 heterocycles. The maximum absolute atomic E-state index is 11.8. The summed E-state index contributed by atoms with van der Waals surface area (Å²) in [5.74, 6) is 2.95. The van der Waals surface area contributed by atoms with E-state index in [1.54, 1.807) is 17.0 Å². The van der Waals surface area contributed by atoms with Gasteiger partial charge in [-0.15, -0.1) is 6.42 Å². The van der Waals surface area contributed by atoms with Crippen molar-refractivity contribution in [2.24, 2.45) is 0 Å². The van der Waals surface area contributed by atoms with E-state index in [1.165, 1.54) is 0 Å². The van der Waals surface area contributed by atoms with Crippen molar-refractivity contribution in [3.63, 3.8) is 0 Å². The molecule has 1 aromatic rings. The molecule has 0 aliphatic rings. The molecular weight excluding hydrogens is 202 g/mol. The lowest BCUT2D eigenvalue weighted by Gasteiger charge is -2.12. The van der Waals surface area contributed by atoms with E-state index < -0.39 is 0 Å². The van der Waals surface area contributed by atoms with E-state index in [9.17, 15) is 4.79 Å². The minimum absolute atomic E-state index is 0.124. The van der Waals surface area contributed by atoms with E-state index in [4.69, 9.17) is 6.42 Å². The number of nitrogens with zero attached hydrogens (tertiary/aromatic N) is 2. The van der Waals surface area contributed by atoms with E-state index in [0.29, 0.717) is 12.4 Å². The lowest BCUT2D eigenvalue weighted by atomic mass is 10.2. The Kier molecular flexibility index (Phi) is 4.59. The van der Waals surface area contributed by atoms with Crippen molar-refractivity contribution in [3.8, 4) is 12.3 Å². The summed E-state index contributed by atoms with van der Waals surface area (Å²) in [6.45, 7) is 4.59. The Morgan fingerprint density at radius 3 is 2.94 bits per heavy atom. The van der Waals surface area contributed by atoms with Crippen LogP contribution < -0.4 is 10.9 Å². The van der Waals surface area contributed by atoms with Gasteiger partial charge in [-0.05, 0) is 13.3 Å². The predicted molar refractivity (Wildman–Crippen MR) is 65.3 cm³/mol. The molecule has 0 saturated carbocycles. The molecule has 86 valence electrons. The number of aromatic nitrogens is 2. The van der Waals surface area contributed by atoms with Crippen LogP contribution >= 0.6 is 0 Å². The first-order valence-corrected chi connectivity index (χ1v) is 5.51. The van der Waals surface area contributed by atoms with Gasteiger partial charge in [-0.25, -0.2) is 4.98 Å². The molecule has 1 unspecified atom stereocenters. The molecule has 1 N–H and O–H groups in total. The number of nitrogens with one attached hydrogen (secondary N) is 1. The molecule has 16 heavy (non-hydrogen) atoms.